The summed E-state index contributed by atoms with van der Waals surface area (Å²) in [6.07, 6.45) is 8.95. The van der Waals surface area contributed by atoms with Gasteiger partial charge in [-0.25, -0.2) is 0 Å². The third-order valence-electron chi connectivity index (χ3n) is 7.61. The number of allylic oxidation sites excluding steroid dienone is 5. The van der Waals surface area contributed by atoms with Gasteiger partial charge in [0.2, 0.25) is 0 Å². The zero-order valence-corrected chi connectivity index (χ0v) is 16.4. The highest BCUT2D eigenvalue weighted by atomic mass is 32.2. The van der Waals surface area contributed by atoms with Gasteiger partial charge in [-0.05, 0) is 60.8 Å². The number of carbonyl (C=O) groups is 2. The molecule has 5 atom stereocenters. The second-order valence-corrected chi connectivity index (χ2v) is 10.1. The van der Waals surface area contributed by atoms with E-state index in [-0.39, 0.29) is 16.6 Å². The van der Waals surface area contributed by atoms with Crippen molar-refractivity contribution in [3.05, 3.63) is 34.8 Å². The van der Waals surface area contributed by atoms with Gasteiger partial charge in [0.15, 0.2) is 5.78 Å². The maximum atomic E-state index is 12.5. The van der Waals surface area contributed by atoms with E-state index in [9.17, 15) is 9.59 Å². The van der Waals surface area contributed by atoms with Crippen LogP contribution in [-0.4, -0.2) is 17.3 Å². The monoisotopic (exact) mass is 356 g/mol. The molecule has 0 N–H and O–H groups in total. The van der Waals surface area contributed by atoms with E-state index in [1.165, 1.54) is 0 Å². The molecule has 0 amide bonds. The summed E-state index contributed by atoms with van der Waals surface area (Å²) < 4.78 is 0. The lowest BCUT2D eigenvalue weighted by molar-refractivity contribution is -0.131. The molecule has 0 aromatic carbocycles. The highest BCUT2D eigenvalue weighted by molar-refractivity contribution is 8.04. The van der Waals surface area contributed by atoms with Crippen LogP contribution in [-0.2, 0) is 9.59 Å². The quantitative estimate of drug-likeness (QED) is 0.689. The Labute approximate surface area is 155 Å². The van der Waals surface area contributed by atoms with Crippen molar-refractivity contribution in [3.63, 3.8) is 0 Å². The average Bonchev–Trinajstić information content (AvgIpc) is 2.86. The van der Waals surface area contributed by atoms with E-state index in [4.69, 9.17) is 0 Å². The Balaban J connectivity index is 1.77. The first-order valence-electron chi connectivity index (χ1n) is 9.65. The number of thioether (sulfide) groups is 1. The lowest BCUT2D eigenvalue weighted by Gasteiger charge is -2.56. The van der Waals surface area contributed by atoms with Crippen molar-refractivity contribution >= 4 is 23.3 Å². The lowest BCUT2D eigenvalue weighted by Crippen LogP contribution is -2.50. The standard InChI is InChI=1S/C22H28O2S/c1-5-25-19-12-22(4)16-8-9-21(3)15(6-7-20(21)24)14(16)10-13(2)17(22)11-18(19)23/h11-12,14-16H,2,5-10H2,1,3-4H3/t14-,15-,16-,21-,22+/m0/s1. The van der Waals surface area contributed by atoms with Crippen molar-refractivity contribution in [3.8, 4) is 0 Å². The minimum Gasteiger partial charge on any atom is -0.299 e. The summed E-state index contributed by atoms with van der Waals surface area (Å²) in [5, 5.41) is 0. The van der Waals surface area contributed by atoms with E-state index in [1.54, 1.807) is 11.8 Å². The molecule has 0 unspecified atom stereocenters. The second-order valence-electron chi connectivity index (χ2n) is 8.75. The maximum absolute atomic E-state index is 12.5. The Morgan fingerprint density at radius 1 is 1.24 bits per heavy atom. The predicted octanol–water partition coefficient (Wildman–Crippen LogP) is 5.11. The number of rotatable bonds is 2. The van der Waals surface area contributed by atoms with Gasteiger partial charge >= 0.3 is 0 Å². The number of hydrogen-bond donors (Lipinski definition) is 0. The molecule has 4 aliphatic carbocycles. The zero-order valence-electron chi connectivity index (χ0n) is 15.6. The van der Waals surface area contributed by atoms with Crippen molar-refractivity contribution in [1.29, 1.82) is 0 Å². The van der Waals surface area contributed by atoms with Crippen LogP contribution >= 0.6 is 11.8 Å². The summed E-state index contributed by atoms with van der Waals surface area (Å²) in [6.45, 7) is 11.0. The summed E-state index contributed by atoms with van der Waals surface area (Å²) in [6, 6.07) is 0. The molecule has 0 spiro atoms. The van der Waals surface area contributed by atoms with Crippen LogP contribution < -0.4 is 0 Å². The van der Waals surface area contributed by atoms with Crippen LogP contribution in [0.3, 0.4) is 0 Å². The topological polar surface area (TPSA) is 34.1 Å². The van der Waals surface area contributed by atoms with Crippen molar-refractivity contribution in [2.45, 2.75) is 52.9 Å². The van der Waals surface area contributed by atoms with Crippen LogP contribution in [0.1, 0.15) is 52.9 Å². The normalized spacial score (nSPS) is 43.2. The molecule has 2 nitrogen and oxygen atoms in total. The second kappa shape index (κ2) is 5.70. The summed E-state index contributed by atoms with van der Waals surface area (Å²) in [5.74, 6) is 3.08. The van der Waals surface area contributed by atoms with Gasteiger partial charge in [-0.1, -0.05) is 39.0 Å². The molecule has 0 aliphatic heterocycles. The molecule has 4 aliphatic rings. The van der Waals surface area contributed by atoms with Gasteiger partial charge in [0, 0.05) is 17.3 Å². The molecule has 3 saturated carbocycles. The van der Waals surface area contributed by atoms with Crippen molar-refractivity contribution in [2.24, 2.45) is 28.6 Å². The summed E-state index contributed by atoms with van der Waals surface area (Å²) in [4.78, 5) is 25.9. The maximum Gasteiger partial charge on any atom is 0.192 e. The molecule has 4 rings (SSSR count). The van der Waals surface area contributed by atoms with E-state index in [0.29, 0.717) is 23.5 Å². The van der Waals surface area contributed by atoms with Gasteiger partial charge in [-0.3, -0.25) is 9.59 Å². The fourth-order valence-corrected chi connectivity index (χ4v) is 7.16. The van der Waals surface area contributed by atoms with Crippen LogP contribution in [0.4, 0.5) is 0 Å². The molecule has 0 bridgehead atoms. The molecular formula is C22H28O2S. The Morgan fingerprint density at radius 2 is 2.00 bits per heavy atom. The number of Topliss-reactive ketones (excluding diaryl/α,β-unsaturated/α-hetero) is 1. The minimum atomic E-state index is -0.117. The summed E-state index contributed by atoms with van der Waals surface area (Å²) in [7, 11) is 0. The van der Waals surface area contributed by atoms with Crippen LogP contribution in [0.2, 0.25) is 0 Å². The van der Waals surface area contributed by atoms with Crippen LogP contribution in [0.15, 0.2) is 34.8 Å². The van der Waals surface area contributed by atoms with E-state index in [1.807, 2.05) is 6.08 Å². The van der Waals surface area contributed by atoms with Crippen LogP contribution in [0.25, 0.3) is 0 Å². The molecule has 0 heterocycles. The van der Waals surface area contributed by atoms with Crippen molar-refractivity contribution < 1.29 is 9.59 Å². The lowest BCUT2D eigenvalue weighted by atomic mass is 9.48. The number of ketones is 2. The molecule has 25 heavy (non-hydrogen) atoms. The summed E-state index contributed by atoms with van der Waals surface area (Å²) >= 11 is 1.66. The minimum absolute atomic E-state index is 0.0988. The Hall–Kier alpha value is -1.09. The molecule has 0 aromatic rings. The fraction of sp³-hybridized carbons (Fsp3) is 0.636. The number of fused-ring (bicyclic) bond motifs is 5. The molecule has 3 heteroatoms. The van der Waals surface area contributed by atoms with Crippen LogP contribution in [0, 0.1) is 28.6 Å². The average molecular weight is 357 g/mol. The van der Waals surface area contributed by atoms with Gasteiger partial charge in [0.25, 0.3) is 0 Å². The highest BCUT2D eigenvalue weighted by Gasteiger charge is 2.59. The van der Waals surface area contributed by atoms with E-state index in [2.05, 4.69) is 33.4 Å². The molecular weight excluding hydrogens is 328 g/mol. The Kier molecular flexibility index (Phi) is 3.95. The molecule has 0 radical (unpaired) electrons. The highest BCUT2D eigenvalue weighted by Crippen LogP contribution is 2.64. The molecule has 0 aromatic heterocycles. The van der Waals surface area contributed by atoms with Gasteiger partial charge in [-0.2, -0.15) is 0 Å². The van der Waals surface area contributed by atoms with Gasteiger partial charge in [0.1, 0.15) is 5.78 Å². The van der Waals surface area contributed by atoms with E-state index < -0.39 is 0 Å². The van der Waals surface area contributed by atoms with Crippen molar-refractivity contribution in [1.82, 2.24) is 0 Å². The first kappa shape index (κ1) is 17.3. The van der Waals surface area contributed by atoms with E-state index >= 15 is 0 Å². The largest absolute Gasteiger partial charge is 0.299 e. The predicted molar refractivity (Wildman–Crippen MR) is 103 cm³/mol. The van der Waals surface area contributed by atoms with Crippen molar-refractivity contribution in [2.75, 3.05) is 5.75 Å². The fourth-order valence-electron chi connectivity index (χ4n) is 6.32. The Morgan fingerprint density at radius 3 is 2.72 bits per heavy atom. The van der Waals surface area contributed by atoms with Gasteiger partial charge < -0.3 is 0 Å². The zero-order chi connectivity index (χ0) is 18.0. The smallest absolute Gasteiger partial charge is 0.192 e. The Bertz CT molecular complexity index is 730. The van der Waals surface area contributed by atoms with E-state index in [0.717, 1.165) is 53.9 Å². The third-order valence-corrected chi connectivity index (χ3v) is 8.53. The molecule has 3 fully saturated rings. The van der Waals surface area contributed by atoms with Crippen LogP contribution in [0.5, 0.6) is 0 Å². The van der Waals surface area contributed by atoms with Gasteiger partial charge in [-0.15, -0.1) is 11.8 Å². The van der Waals surface area contributed by atoms with Gasteiger partial charge in [0.05, 0.1) is 4.91 Å². The molecule has 134 valence electrons. The SMILES string of the molecule is C=C1C[C@@H]2[C@H](CC[C@]3(C)C(=O)CC[C@@H]23)[C@@]2(C)C=C(SCC)C(=O)C=C12. The number of carbonyl (C=O) groups excluding carboxylic acids is 2. The first-order valence-corrected chi connectivity index (χ1v) is 10.6. The summed E-state index contributed by atoms with van der Waals surface area (Å²) in [5.41, 5.74) is 2.07. The molecule has 0 saturated heterocycles. The third kappa shape index (κ3) is 2.31. The number of hydrogen-bond acceptors (Lipinski definition) is 3. The first-order chi connectivity index (χ1) is 11.8.